The van der Waals surface area contributed by atoms with Gasteiger partial charge < -0.3 is 9.84 Å². The lowest BCUT2D eigenvalue weighted by molar-refractivity contribution is -0.136. The second-order valence-corrected chi connectivity index (χ2v) is 7.07. The highest BCUT2D eigenvalue weighted by Gasteiger charge is 2.21. The van der Waals surface area contributed by atoms with E-state index >= 15 is 0 Å². The maximum Gasteiger partial charge on any atom is 0.341 e. The second kappa shape index (κ2) is 7.41. The van der Waals surface area contributed by atoms with Gasteiger partial charge in [-0.3, -0.25) is 9.52 Å². The average molecular weight is 335 g/mol. The van der Waals surface area contributed by atoms with E-state index in [4.69, 9.17) is 9.84 Å². The Bertz CT molecular complexity index is 620. The number of carbonyl (C=O) groups excluding carboxylic acids is 1. The molecule has 0 unspecified atom stereocenters. The van der Waals surface area contributed by atoms with Crippen molar-refractivity contribution < 1.29 is 27.9 Å². The molecule has 2 N–H and O–H groups in total. The first-order valence-electron chi connectivity index (χ1n) is 6.31. The van der Waals surface area contributed by atoms with Gasteiger partial charge in [-0.25, -0.2) is 13.2 Å². The Kier molecular flexibility index (Phi) is 6.16. The molecule has 0 aromatic carbocycles. The zero-order chi connectivity index (χ0) is 16.0. The maximum atomic E-state index is 11.8. The number of thiophene rings is 1. The molecule has 0 radical (unpaired) electrons. The fourth-order valence-electron chi connectivity index (χ4n) is 1.47. The summed E-state index contributed by atoms with van der Waals surface area (Å²) in [5.41, 5.74) is 0.151. The summed E-state index contributed by atoms with van der Waals surface area (Å²) in [7, 11) is -3.82. The number of hydrogen-bond donors (Lipinski definition) is 2. The lowest BCUT2D eigenvalue weighted by atomic mass is 10.2. The molecule has 9 heteroatoms. The zero-order valence-corrected chi connectivity index (χ0v) is 13.3. The summed E-state index contributed by atoms with van der Waals surface area (Å²) in [6.45, 7) is 3.71. The second-order valence-electron chi connectivity index (χ2n) is 4.09. The van der Waals surface area contributed by atoms with E-state index in [0.717, 1.165) is 16.2 Å². The van der Waals surface area contributed by atoms with Gasteiger partial charge >= 0.3 is 11.9 Å². The molecule has 0 saturated carbocycles. The van der Waals surface area contributed by atoms with Crippen LogP contribution in [0.15, 0.2) is 6.07 Å². The van der Waals surface area contributed by atoms with Crippen molar-refractivity contribution >= 4 is 38.3 Å². The molecule has 0 aliphatic heterocycles. The van der Waals surface area contributed by atoms with Crippen LogP contribution in [0, 0.1) is 0 Å². The van der Waals surface area contributed by atoms with E-state index in [2.05, 4.69) is 4.72 Å². The SMILES string of the molecule is CCOC(=O)c1cc(CC)sc1NS(=O)(=O)CCC(=O)O. The van der Waals surface area contributed by atoms with E-state index < -0.39 is 34.1 Å². The normalized spacial score (nSPS) is 11.1. The van der Waals surface area contributed by atoms with Crippen LogP contribution in [0.4, 0.5) is 5.00 Å². The number of nitrogens with one attached hydrogen (secondary N) is 1. The van der Waals surface area contributed by atoms with Crippen molar-refractivity contribution in [3.05, 3.63) is 16.5 Å². The molecule has 0 fully saturated rings. The number of esters is 1. The van der Waals surface area contributed by atoms with Crippen molar-refractivity contribution in [3.63, 3.8) is 0 Å². The summed E-state index contributed by atoms with van der Waals surface area (Å²) in [4.78, 5) is 23.1. The van der Waals surface area contributed by atoms with Gasteiger partial charge in [0, 0.05) is 4.88 Å². The van der Waals surface area contributed by atoms with Crippen LogP contribution in [0.25, 0.3) is 0 Å². The topological polar surface area (TPSA) is 110 Å². The Hall–Kier alpha value is -1.61. The molecule has 1 aromatic rings. The molecule has 1 heterocycles. The van der Waals surface area contributed by atoms with Gasteiger partial charge in [-0.05, 0) is 19.4 Å². The predicted octanol–water partition coefficient (Wildman–Crippen LogP) is 1.70. The number of aliphatic carboxylic acids is 1. The molecule has 1 rings (SSSR count). The summed E-state index contributed by atoms with van der Waals surface area (Å²) in [6, 6.07) is 1.58. The molecule has 118 valence electrons. The molecule has 0 atom stereocenters. The highest BCUT2D eigenvalue weighted by molar-refractivity contribution is 7.92. The van der Waals surface area contributed by atoms with Gasteiger partial charge in [-0.2, -0.15) is 0 Å². The van der Waals surface area contributed by atoms with Gasteiger partial charge in [0.1, 0.15) is 5.00 Å². The van der Waals surface area contributed by atoms with E-state index in [1.54, 1.807) is 13.0 Å². The molecule has 0 amide bonds. The summed E-state index contributed by atoms with van der Waals surface area (Å²) in [5.74, 6) is -2.36. The van der Waals surface area contributed by atoms with Crippen LogP contribution in [0.1, 0.15) is 35.5 Å². The number of anilines is 1. The number of hydrogen-bond acceptors (Lipinski definition) is 6. The largest absolute Gasteiger partial charge is 0.481 e. The molecule has 7 nitrogen and oxygen atoms in total. The molecule has 21 heavy (non-hydrogen) atoms. The molecule has 0 aliphatic carbocycles. The van der Waals surface area contributed by atoms with Crippen molar-refractivity contribution in [2.75, 3.05) is 17.1 Å². The Morgan fingerprint density at radius 2 is 2.05 bits per heavy atom. The van der Waals surface area contributed by atoms with Gasteiger partial charge in [-0.1, -0.05) is 6.92 Å². The molecular formula is C12H17NO6S2. The fourth-order valence-corrected chi connectivity index (χ4v) is 3.79. The van der Waals surface area contributed by atoms with E-state index in [9.17, 15) is 18.0 Å². The Labute approximate surface area is 127 Å². The number of carboxylic acid groups (broad SMARTS) is 1. The average Bonchev–Trinajstić information content (AvgIpc) is 2.79. The van der Waals surface area contributed by atoms with Crippen molar-refractivity contribution in [2.45, 2.75) is 26.7 Å². The quantitative estimate of drug-likeness (QED) is 0.700. The third kappa shape index (κ3) is 5.35. The molecular weight excluding hydrogens is 318 g/mol. The monoisotopic (exact) mass is 335 g/mol. The third-order valence-electron chi connectivity index (χ3n) is 2.46. The Balaban J connectivity index is 2.98. The predicted molar refractivity (Wildman–Crippen MR) is 79.3 cm³/mol. The minimum atomic E-state index is -3.82. The van der Waals surface area contributed by atoms with Crippen LogP contribution in [0.2, 0.25) is 0 Å². The number of sulfonamides is 1. The summed E-state index contributed by atoms with van der Waals surface area (Å²) < 4.78 is 30.8. The van der Waals surface area contributed by atoms with Crippen LogP contribution in [0.3, 0.4) is 0 Å². The van der Waals surface area contributed by atoms with Gasteiger partial charge in [0.15, 0.2) is 0 Å². The number of carboxylic acids is 1. The first-order valence-corrected chi connectivity index (χ1v) is 8.78. The van der Waals surface area contributed by atoms with Crippen molar-refractivity contribution in [1.82, 2.24) is 0 Å². The van der Waals surface area contributed by atoms with E-state index in [-0.39, 0.29) is 17.2 Å². The van der Waals surface area contributed by atoms with Gasteiger partial charge in [-0.15, -0.1) is 11.3 Å². The lowest BCUT2D eigenvalue weighted by Crippen LogP contribution is -2.19. The van der Waals surface area contributed by atoms with Gasteiger partial charge in [0.05, 0.1) is 24.3 Å². The number of aryl methyl sites for hydroxylation is 1. The molecule has 0 aliphatic rings. The van der Waals surface area contributed by atoms with Crippen LogP contribution in [-0.2, 0) is 26.0 Å². The van der Waals surface area contributed by atoms with E-state index in [1.807, 2.05) is 6.92 Å². The fraction of sp³-hybridized carbons (Fsp3) is 0.500. The van der Waals surface area contributed by atoms with Gasteiger partial charge in [0.2, 0.25) is 10.0 Å². The molecule has 0 spiro atoms. The van der Waals surface area contributed by atoms with E-state index in [1.165, 1.54) is 0 Å². The van der Waals surface area contributed by atoms with Gasteiger partial charge in [0.25, 0.3) is 0 Å². The number of rotatable bonds is 8. The highest BCUT2D eigenvalue weighted by Crippen LogP contribution is 2.30. The van der Waals surface area contributed by atoms with Crippen molar-refractivity contribution in [3.8, 4) is 0 Å². The molecule has 1 aromatic heterocycles. The number of ether oxygens (including phenoxy) is 1. The van der Waals surface area contributed by atoms with Crippen LogP contribution < -0.4 is 4.72 Å². The van der Waals surface area contributed by atoms with Crippen molar-refractivity contribution in [2.24, 2.45) is 0 Å². The minimum Gasteiger partial charge on any atom is -0.481 e. The Morgan fingerprint density at radius 3 is 2.57 bits per heavy atom. The molecule has 0 bridgehead atoms. The minimum absolute atomic E-state index is 0.151. The Morgan fingerprint density at radius 1 is 1.38 bits per heavy atom. The highest BCUT2D eigenvalue weighted by atomic mass is 32.2. The standard InChI is InChI=1S/C12H17NO6S2/c1-3-8-7-9(12(16)19-4-2)11(20-8)13-21(17,18)6-5-10(14)15/h7,13H,3-6H2,1-2H3,(H,14,15). The summed E-state index contributed by atoms with van der Waals surface area (Å²) >= 11 is 1.14. The zero-order valence-electron chi connectivity index (χ0n) is 11.7. The lowest BCUT2D eigenvalue weighted by Gasteiger charge is -2.07. The summed E-state index contributed by atoms with van der Waals surface area (Å²) in [6.07, 6.45) is 0.143. The van der Waals surface area contributed by atoms with Crippen LogP contribution >= 0.6 is 11.3 Å². The van der Waals surface area contributed by atoms with Crippen molar-refractivity contribution in [1.29, 1.82) is 0 Å². The third-order valence-corrected chi connectivity index (χ3v) is 5.04. The van der Waals surface area contributed by atoms with Crippen LogP contribution in [-0.4, -0.2) is 37.8 Å². The maximum absolute atomic E-state index is 11.8. The first-order chi connectivity index (χ1) is 9.79. The van der Waals surface area contributed by atoms with E-state index in [0.29, 0.717) is 6.42 Å². The van der Waals surface area contributed by atoms with Crippen LogP contribution in [0.5, 0.6) is 0 Å². The smallest absolute Gasteiger partial charge is 0.341 e. The molecule has 0 saturated heterocycles. The first kappa shape index (κ1) is 17.4. The number of carbonyl (C=O) groups is 2. The summed E-state index contributed by atoms with van der Waals surface area (Å²) in [5, 5.41) is 8.70.